The maximum absolute atomic E-state index is 12.7. The van der Waals surface area contributed by atoms with Crippen LogP contribution in [0.5, 0.6) is 5.75 Å². The first-order valence-electron chi connectivity index (χ1n) is 8.56. The Balaban J connectivity index is 1.58. The number of halogens is 1. The highest BCUT2D eigenvalue weighted by molar-refractivity contribution is 9.10. The normalized spacial score (nSPS) is 10.8. The lowest BCUT2D eigenvalue weighted by atomic mass is 10.3. The van der Waals surface area contributed by atoms with E-state index in [2.05, 4.69) is 36.5 Å². The van der Waals surface area contributed by atoms with E-state index < -0.39 is 5.56 Å². The maximum Gasteiger partial charge on any atom is 0.284 e. The molecule has 0 saturated carbocycles. The van der Waals surface area contributed by atoms with Crippen LogP contribution in [-0.4, -0.2) is 37.6 Å². The van der Waals surface area contributed by atoms with Crippen molar-refractivity contribution < 1.29 is 9.53 Å². The molecule has 146 valence electrons. The Bertz CT molecular complexity index is 1230. The van der Waals surface area contributed by atoms with Gasteiger partial charge in [0.05, 0.1) is 12.8 Å². The minimum absolute atomic E-state index is 0.0831. The molecule has 0 unspecified atom stereocenters. The van der Waals surface area contributed by atoms with Crippen molar-refractivity contribution in [2.75, 3.05) is 12.4 Å². The summed E-state index contributed by atoms with van der Waals surface area (Å²) in [6.07, 6.45) is 1.31. The van der Waals surface area contributed by atoms with E-state index in [1.807, 2.05) is 12.1 Å². The van der Waals surface area contributed by atoms with Gasteiger partial charge < -0.3 is 10.1 Å². The molecule has 4 rings (SSSR count). The highest BCUT2D eigenvalue weighted by Crippen LogP contribution is 2.17. The van der Waals surface area contributed by atoms with Crippen molar-refractivity contribution in [3.63, 3.8) is 0 Å². The van der Waals surface area contributed by atoms with Gasteiger partial charge in [0.2, 0.25) is 5.91 Å². The lowest BCUT2D eigenvalue weighted by molar-refractivity contribution is -0.116. The average Bonchev–Trinajstić information content (AvgIpc) is 3.17. The fraction of sp³-hybridized carbons (Fsp3) is 0.105. The van der Waals surface area contributed by atoms with Gasteiger partial charge in [0.15, 0.2) is 11.2 Å². The molecule has 2 aromatic heterocycles. The first kappa shape index (κ1) is 18.8. The Morgan fingerprint density at radius 1 is 1.14 bits per heavy atom. The van der Waals surface area contributed by atoms with Crippen molar-refractivity contribution in [3.05, 3.63) is 69.7 Å². The third kappa shape index (κ3) is 3.87. The molecule has 10 heteroatoms. The quantitative estimate of drug-likeness (QED) is 0.496. The van der Waals surface area contributed by atoms with Gasteiger partial charge in [0.25, 0.3) is 5.56 Å². The van der Waals surface area contributed by atoms with Crippen molar-refractivity contribution in [1.82, 2.24) is 24.5 Å². The van der Waals surface area contributed by atoms with E-state index in [0.29, 0.717) is 22.8 Å². The Kier molecular flexibility index (Phi) is 5.09. The standard InChI is InChI=1S/C19H15BrN6O3/c1-29-15-8-6-14(7-9-15)26-18-17(23-24-26)19(28)25(11-21-18)10-16(27)22-13-4-2-12(20)3-5-13/h2-9,11H,10H2,1H3,(H,22,27). The summed E-state index contributed by atoms with van der Waals surface area (Å²) in [5.74, 6) is 0.350. The molecule has 1 N–H and O–H groups in total. The number of carbonyl (C=O) groups is 1. The second-order valence-corrected chi connectivity index (χ2v) is 7.02. The van der Waals surface area contributed by atoms with Crippen LogP contribution in [0.3, 0.4) is 0 Å². The zero-order chi connectivity index (χ0) is 20.4. The van der Waals surface area contributed by atoms with Crippen LogP contribution in [0.25, 0.3) is 16.9 Å². The number of nitrogens with one attached hydrogen (secondary N) is 1. The molecule has 29 heavy (non-hydrogen) atoms. The molecule has 0 fully saturated rings. The van der Waals surface area contributed by atoms with Crippen LogP contribution in [0.1, 0.15) is 0 Å². The minimum atomic E-state index is -0.444. The van der Waals surface area contributed by atoms with Crippen LogP contribution in [0.2, 0.25) is 0 Å². The highest BCUT2D eigenvalue weighted by atomic mass is 79.9. The highest BCUT2D eigenvalue weighted by Gasteiger charge is 2.15. The predicted octanol–water partition coefficient (Wildman–Crippen LogP) is 2.39. The number of nitrogens with zero attached hydrogens (tertiary/aromatic N) is 5. The van der Waals surface area contributed by atoms with Crippen LogP contribution >= 0.6 is 15.9 Å². The van der Waals surface area contributed by atoms with E-state index in [4.69, 9.17) is 4.74 Å². The van der Waals surface area contributed by atoms with Gasteiger partial charge in [-0.15, -0.1) is 5.10 Å². The minimum Gasteiger partial charge on any atom is -0.497 e. The topological polar surface area (TPSA) is 104 Å². The molecule has 0 radical (unpaired) electrons. The van der Waals surface area contributed by atoms with Gasteiger partial charge in [-0.1, -0.05) is 21.1 Å². The van der Waals surface area contributed by atoms with Crippen molar-refractivity contribution in [3.8, 4) is 11.4 Å². The summed E-state index contributed by atoms with van der Waals surface area (Å²) in [6.45, 7) is -0.187. The van der Waals surface area contributed by atoms with Gasteiger partial charge in [-0.25, -0.2) is 4.98 Å². The van der Waals surface area contributed by atoms with Gasteiger partial charge in [0.1, 0.15) is 18.6 Å². The number of benzene rings is 2. The molecule has 2 heterocycles. The second-order valence-electron chi connectivity index (χ2n) is 6.10. The number of hydrogen-bond donors (Lipinski definition) is 1. The summed E-state index contributed by atoms with van der Waals surface area (Å²) < 4.78 is 8.70. The number of fused-ring (bicyclic) bond motifs is 1. The fourth-order valence-electron chi connectivity index (χ4n) is 2.74. The van der Waals surface area contributed by atoms with Gasteiger partial charge in [0, 0.05) is 10.2 Å². The van der Waals surface area contributed by atoms with Crippen LogP contribution in [0, 0.1) is 0 Å². The number of hydrogen-bond acceptors (Lipinski definition) is 6. The largest absolute Gasteiger partial charge is 0.497 e. The molecule has 0 atom stereocenters. The molecule has 4 aromatic rings. The third-order valence-corrected chi connectivity index (χ3v) is 4.72. The molecule has 0 saturated heterocycles. The van der Waals surface area contributed by atoms with E-state index in [1.165, 1.54) is 15.6 Å². The summed E-state index contributed by atoms with van der Waals surface area (Å²) in [7, 11) is 1.58. The Hall–Kier alpha value is -3.53. The summed E-state index contributed by atoms with van der Waals surface area (Å²) in [5, 5.41) is 10.7. The van der Waals surface area contributed by atoms with Crippen LogP contribution in [0.4, 0.5) is 5.69 Å². The number of aromatic nitrogens is 5. The molecule has 0 bridgehead atoms. The van der Waals surface area contributed by atoms with Crippen molar-refractivity contribution in [2.45, 2.75) is 6.54 Å². The molecule has 0 spiro atoms. The SMILES string of the molecule is COc1ccc(-n2nnc3c(=O)n(CC(=O)Nc4ccc(Br)cc4)cnc32)cc1. The summed E-state index contributed by atoms with van der Waals surface area (Å²) in [4.78, 5) is 29.3. The van der Waals surface area contributed by atoms with E-state index in [-0.39, 0.29) is 18.0 Å². The first-order valence-corrected chi connectivity index (χ1v) is 9.35. The monoisotopic (exact) mass is 454 g/mol. The summed E-state index contributed by atoms with van der Waals surface area (Å²) >= 11 is 3.34. The van der Waals surface area contributed by atoms with E-state index in [9.17, 15) is 9.59 Å². The molecule has 9 nitrogen and oxygen atoms in total. The zero-order valence-electron chi connectivity index (χ0n) is 15.2. The molecule has 0 aliphatic heterocycles. The number of amides is 1. The van der Waals surface area contributed by atoms with Crippen molar-refractivity contribution >= 4 is 38.7 Å². The Morgan fingerprint density at radius 2 is 1.86 bits per heavy atom. The number of ether oxygens (including phenoxy) is 1. The Labute approximate surface area is 173 Å². The molecule has 1 amide bonds. The third-order valence-electron chi connectivity index (χ3n) is 4.19. The van der Waals surface area contributed by atoms with Gasteiger partial charge in [-0.3, -0.25) is 14.2 Å². The average molecular weight is 455 g/mol. The van der Waals surface area contributed by atoms with E-state index >= 15 is 0 Å². The molecular formula is C19H15BrN6O3. The summed E-state index contributed by atoms with van der Waals surface area (Å²) in [5.41, 5.74) is 1.27. The van der Waals surface area contributed by atoms with Gasteiger partial charge in [-0.05, 0) is 48.5 Å². The van der Waals surface area contributed by atoms with Crippen LogP contribution in [-0.2, 0) is 11.3 Å². The van der Waals surface area contributed by atoms with Crippen molar-refractivity contribution in [1.29, 1.82) is 0 Å². The van der Waals surface area contributed by atoms with Crippen molar-refractivity contribution in [2.24, 2.45) is 0 Å². The Morgan fingerprint density at radius 3 is 2.55 bits per heavy atom. The van der Waals surface area contributed by atoms with Crippen LogP contribution < -0.4 is 15.6 Å². The second kappa shape index (κ2) is 7.84. The summed E-state index contributed by atoms with van der Waals surface area (Å²) in [6, 6.07) is 14.3. The molecular weight excluding hydrogens is 440 g/mol. The number of methoxy groups -OCH3 is 1. The number of rotatable bonds is 5. The fourth-order valence-corrected chi connectivity index (χ4v) is 3.01. The maximum atomic E-state index is 12.7. The lowest BCUT2D eigenvalue weighted by Gasteiger charge is -2.07. The van der Waals surface area contributed by atoms with Crippen LogP contribution in [0.15, 0.2) is 64.1 Å². The molecule has 2 aromatic carbocycles. The molecule has 0 aliphatic carbocycles. The smallest absolute Gasteiger partial charge is 0.284 e. The number of carbonyl (C=O) groups excluding carboxylic acids is 1. The van der Waals surface area contributed by atoms with E-state index in [0.717, 1.165) is 4.47 Å². The predicted molar refractivity (Wildman–Crippen MR) is 110 cm³/mol. The zero-order valence-corrected chi connectivity index (χ0v) is 16.8. The van der Waals surface area contributed by atoms with Gasteiger partial charge >= 0.3 is 0 Å². The first-order chi connectivity index (χ1) is 14.0. The van der Waals surface area contributed by atoms with Gasteiger partial charge in [-0.2, -0.15) is 4.68 Å². The lowest BCUT2D eigenvalue weighted by Crippen LogP contribution is -2.28. The number of anilines is 1. The molecule has 0 aliphatic rings. The van der Waals surface area contributed by atoms with E-state index in [1.54, 1.807) is 43.5 Å².